The summed E-state index contributed by atoms with van der Waals surface area (Å²) in [7, 11) is 0. The lowest BCUT2D eigenvalue weighted by Gasteiger charge is -2.17. The third-order valence-corrected chi connectivity index (χ3v) is 7.51. The zero-order chi connectivity index (χ0) is 23.6. The van der Waals surface area contributed by atoms with Gasteiger partial charge in [-0.25, -0.2) is 9.78 Å². The lowest BCUT2D eigenvalue weighted by Crippen LogP contribution is -2.26. The van der Waals surface area contributed by atoms with Crippen molar-refractivity contribution in [3.05, 3.63) is 55.1 Å². The minimum absolute atomic E-state index is 0.0698. The smallest absolute Gasteiger partial charge is 0.348 e. The summed E-state index contributed by atoms with van der Waals surface area (Å²) in [6.45, 7) is 9.65. The van der Waals surface area contributed by atoms with E-state index in [1.165, 1.54) is 11.8 Å². The molecule has 0 aliphatic heterocycles. The molecule has 2 heterocycles. The summed E-state index contributed by atoms with van der Waals surface area (Å²) in [6, 6.07) is 7.69. The number of aromatic nitrogens is 2. The van der Waals surface area contributed by atoms with Crippen molar-refractivity contribution in [2.45, 2.75) is 46.3 Å². The van der Waals surface area contributed by atoms with Gasteiger partial charge >= 0.3 is 5.97 Å². The molecule has 9 heteroatoms. The summed E-state index contributed by atoms with van der Waals surface area (Å²) in [4.78, 5) is 44.0. The number of rotatable bonds is 7. The van der Waals surface area contributed by atoms with Crippen molar-refractivity contribution in [2.24, 2.45) is 5.41 Å². The Hall–Kier alpha value is -1.97. The van der Waals surface area contributed by atoms with Crippen LogP contribution in [0.1, 0.15) is 48.5 Å². The van der Waals surface area contributed by atoms with Gasteiger partial charge in [-0.2, -0.15) is 0 Å². The predicted molar refractivity (Wildman–Crippen MR) is 133 cm³/mol. The van der Waals surface area contributed by atoms with Gasteiger partial charge in [0.2, 0.25) is 0 Å². The average molecular weight is 538 g/mol. The molecule has 0 unspecified atom stereocenters. The van der Waals surface area contributed by atoms with Gasteiger partial charge in [0.1, 0.15) is 15.5 Å². The Labute approximate surface area is 203 Å². The third kappa shape index (κ3) is 5.32. The second-order valence-corrected chi connectivity index (χ2v) is 11.2. The number of thiophene rings is 1. The molecule has 0 atom stereocenters. The van der Waals surface area contributed by atoms with Crippen molar-refractivity contribution in [3.8, 4) is 0 Å². The van der Waals surface area contributed by atoms with E-state index in [2.05, 4.69) is 15.9 Å². The Balaban J connectivity index is 2.13. The first-order chi connectivity index (χ1) is 15.0. The molecule has 0 N–H and O–H groups in total. The van der Waals surface area contributed by atoms with Gasteiger partial charge in [0.05, 0.1) is 24.3 Å². The number of carbonyl (C=O) groups is 2. The van der Waals surface area contributed by atoms with Crippen molar-refractivity contribution in [1.82, 2.24) is 9.55 Å². The molecule has 0 radical (unpaired) electrons. The molecule has 0 bridgehead atoms. The Kier molecular flexibility index (Phi) is 7.62. The Morgan fingerprint density at radius 1 is 1.28 bits per heavy atom. The summed E-state index contributed by atoms with van der Waals surface area (Å²) in [5.74, 6) is -0.182. The van der Waals surface area contributed by atoms with Gasteiger partial charge in [0.25, 0.3) is 5.56 Å². The molecule has 3 rings (SSSR count). The van der Waals surface area contributed by atoms with Crippen LogP contribution in [-0.2, 0) is 16.1 Å². The van der Waals surface area contributed by atoms with Gasteiger partial charge in [-0.3, -0.25) is 14.2 Å². The molecule has 0 spiro atoms. The van der Waals surface area contributed by atoms with E-state index in [-0.39, 0.29) is 23.7 Å². The molecule has 3 aromatic rings. The van der Waals surface area contributed by atoms with E-state index < -0.39 is 11.4 Å². The highest BCUT2D eigenvalue weighted by Gasteiger charge is 2.25. The van der Waals surface area contributed by atoms with Crippen LogP contribution in [0, 0.1) is 12.3 Å². The van der Waals surface area contributed by atoms with Crippen molar-refractivity contribution < 1.29 is 14.3 Å². The number of aryl methyl sites for hydroxylation is 1. The van der Waals surface area contributed by atoms with Crippen molar-refractivity contribution in [3.63, 3.8) is 0 Å². The van der Waals surface area contributed by atoms with Gasteiger partial charge < -0.3 is 4.74 Å². The fourth-order valence-electron chi connectivity index (χ4n) is 3.00. The van der Waals surface area contributed by atoms with Crippen LogP contribution in [0.25, 0.3) is 10.2 Å². The molecule has 170 valence electrons. The number of thioether (sulfide) groups is 1. The van der Waals surface area contributed by atoms with Gasteiger partial charge in [0.15, 0.2) is 5.16 Å². The Morgan fingerprint density at radius 3 is 2.62 bits per heavy atom. The minimum Gasteiger partial charge on any atom is -0.462 e. The summed E-state index contributed by atoms with van der Waals surface area (Å²) in [5, 5.41) is 0.872. The standard InChI is InChI=1S/C23H25BrN2O4S2/c1-6-30-21(29)18-13(2)17-19(32-18)25-22(31-12-16(27)23(3,4)5)26(20(17)28)11-14-8-7-9-15(24)10-14/h7-10H,6,11-12H2,1-5H3. The van der Waals surface area contributed by atoms with E-state index in [1.54, 1.807) is 18.4 Å². The number of halogens is 1. The molecule has 0 amide bonds. The average Bonchev–Trinajstić information content (AvgIpc) is 3.04. The van der Waals surface area contributed by atoms with E-state index in [1.807, 2.05) is 45.0 Å². The number of ketones is 1. The number of benzene rings is 1. The van der Waals surface area contributed by atoms with Crippen LogP contribution in [-0.4, -0.2) is 33.7 Å². The van der Waals surface area contributed by atoms with Crippen LogP contribution < -0.4 is 5.56 Å². The highest BCUT2D eigenvalue weighted by Crippen LogP contribution is 2.31. The minimum atomic E-state index is -0.483. The highest BCUT2D eigenvalue weighted by atomic mass is 79.9. The number of carbonyl (C=O) groups excluding carboxylic acids is 2. The largest absolute Gasteiger partial charge is 0.462 e. The second kappa shape index (κ2) is 9.89. The van der Waals surface area contributed by atoms with Crippen LogP contribution in [0.2, 0.25) is 0 Å². The molecule has 6 nitrogen and oxygen atoms in total. The summed E-state index contributed by atoms with van der Waals surface area (Å²) < 4.78 is 7.63. The number of hydrogen-bond donors (Lipinski definition) is 0. The number of fused-ring (bicyclic) bond motifs is 1. The van der Waals surface area contributed by atoms with E-state index >= 15 is 0 Å². The number of ether oxygens (including phenoxy) is 1. The van der Waals surface area contributed by atoms with E-state index in [0.717, 1.165) is 21.4 Å². The molecule has 0 aliphatic rings. The first kappa shape index (κ1) is 24.7. The monoisotopic (exact) mass is 536 g/mol. The van der Waals surface area contributed by atoms with E-state index in [9.17, 15) is 14.4 Å². The van der Waals surface area contributed by atoms with Crippen LogP contribution in [0.5, 0.6) is 0 Å². The second-order valence-electron chi connectivity index (χ2n) is 8.33. The lowest BCUT2D eigenvalue weighted by molar-refractivity contribution is -0.123. The zero-order valence-electron chi connectivity index (χ0n) is 18.7. The van der Waals surface area contributed by atoms with Crippen LogP contribution in [0.15, 0.2) is 38.7 Å². The van der Waals surface area contributed by atoms with Gasteiger partial charge in [0, 0.05) is 9.89 Å². The predicted octanol–water partition coefficient (Wildman–Crippen LogP) is 5.46. The van der Waals surface area contributed by atoms with Crippen molar-refractivity contribution in [2.75, 3.05) is 12.4 Å². The molecule has 1 aromatic carbocycles. The number of hydrogen-bond acceptors (Lipinski definition) is 7. The van der Waals surface area contributed by atoms with Crippen LogP contribution in [0.4, 0.5) is 0 Å². The summed E-state index contributed by atoms with van der Waals surface area (Å²) >= 11 is 5.87. The molecule has 0 saturated heterocycles. The van der Waals surface area contributed by atoms with Crippen molar-refractivity contribution >= 4 is 61.0 Å². The zero-order valence-corrected chi connectivity index (χ0v) is 21.9. The van der Waals surface area contributed by atoms with Gasteiger partial charge in [-0.1, -0.05) is 60.6 Å². The van der Waals surface area contributed by atoms with Crippen LogP contribution in [0.3, 0.4) is 0 Å². The van der Waals surface area contributed by atoms with Crippen molar-refractivity contribution in [1.29, 1.82) is 0 Å². The third-order valence-electron chi connectivity index (χ3n) is 4.87. The number of Topliss-reactive ketones (excluding diaryl/α,β-unsaturated/α-hetero) is 1. The highest BCUT2D eigenvalue weighted by molar-refractivity contribution is 9.10. The molecule has 0 fully saturated rings. The van der Waals surface area contributed by atoms with Crippen LogP contribution >= 0.6 is 39.0 Å². The fraction of sp³-hybridized carbons (Fsp3) is 0.391. The van der Waals surface area contributed by atoms with Gasteiger partial charge in [-0.05, 0) is 37.1 Å². The first-order valence-electron chi connectivity index (χ1n) is 10.1. The summed E-state index contributed by atoms with van der Waals surface area (Å²) in [5.41, 5.74) is 0.782. The number of esters is 1. The Bertz CT molecular complexity index is 1240. The SMILES string of the molecule is CCOC(=O)c1sc2nc(SCC(=O)C(C)(C)C)n(Cc3cccc(Br)c3)c(=O)c2c1C. The summed E-state index contributed by atoms with van der Waals surface area (Å²) in [6.07, 6.45) is 0. The van der Waals surface area contributed by atoms with E-state index in [4.69, 9.17) is 9.72 Å². The lowest BCUT2D eigenvalue weighted by atomic mass is 9.92. The number of nitrogens with zero attached hydrogens (tertiary/aromatic N) is 2. The molecule has 2 aromatic heterocycles. The fourth-order valence-corrected chi connectivity index (χ4v) is 5.73. The molecular weight excluding hydrogens is 512 g/mol. The first-order valence-corrected chi connectivity index (χ1v) is 12.7. The maximum absolute atomic E-state index is 13.6. The molecule has 32 heavy (non-hydrogen) atoms. The van der Waals surface area contributed by atoms with Gasteiger partial charge in [-0.15, -0.1) is 11.3 Å². The topological polar surface area (TPSA) is 78.3 Å². The Morgan fingerprint density at radius 2 is 2.00 bits per heavy atom. The van der Waals surface area contributed by atoms with E-state index in [0.29, 0.717) is 32.4 Å². The molecule has 0 aliphatic carbocycles. The normalized spacial score (nSPS) is 11.7. The quantitative estimate of drug-likeness (QED) is 0.226. The maximum Gasteiger partial charge on any atom is 0.348 e. The maximum atomic E-state index is 13.6. The molecular formula is C23H25BrN2O4S2. The molecule has 0 saturated carbocycles.